The molecule has 1 aromatic rings. The van der Waals surface area contributed by atoms with Crippen LogP contribution in [0.1, 0.15) is 12.0 Å². The lowest BCUT2D eigenvalue weighted by Crippen LogP contribution is -2.09. The van der Waals surface area contributed by atoms with Crippen LogP contribution >= 0.6 is 0 Å². The first-order valence-corrected chi connectivity index (χ1v) is 4.34. The number of rotatable bonds is 1. The molecule has 0 fully saturated rings. The molecule has 0 bridgehead atoms. The number of phenols is 1. The summed E-state index contributed by atoms with van der Waals surface area (Å²) < 4.78 is 10.6. The highest BCUT2D eigenvalue weighted by Crippen LogP contribution is 2.37. The summed E-state index contributed by atoms with van der Waals surface area (Å²) in [4.78, 5) is 0. The summed E-state index contributed by atoms with van der Waals surface area (Å²) in [6.07, 6.45) is 1.94. The van der Waals surface area contributed by atoms with Crippen molar-refractivity contribution < 1.29 is 14.6 Å². The van der Waals surface area contributed by atoms with Crippen LogP contribution in [0.5, 0.6) is 17.2 Å². The Kier molecular flexibility index (Phi) is 2.00. The normalized spacial score (nSPS) is 14.5. The Balaban J connectivity index is 2.50. The van der Waals surface area contributed by atoms with Gasteiger partial charge >= 0.3 is 0 Å². The summed E-state index contributed by atoms with van der Waals surface area (Å²) in [5.41, 5.74) is 1.03. The molecule has 1 aromatic carbocycles. The monoisotopic (exact) mass is 180 g/mol. The molecule has 0 saturated heterocycles. The standard InChI is InChI=1S/C10H12O3/c1-12-9-6-8(11)5-7-3-2-4-13-10(7)9/h5-6,11H,2-4H2,1H3. The van der Waals surface area contributed by atoms with E-state index >= 15 is 0 Å². The SMILES string of the molecule is COc1cc(O)cc2c1OCCC2. The fraction of sp³-hybridized carbons (Fsp3) is 0.400. The second-order valence-electron chi connectivity index (χ2n) is 3.09. The van der Waals surface area contributed by atoms with Crippen molar-refractivity contribution in [3.8, 4) is 17.2 Å². The van der Waals surface area contributed by atoms with Gasteiger partial charge in [-0.2, -0.15) is 0 Å². The zero-order chi connectivity index (χ0) is 9.26. The maximum absolute atomic E-state index is 9.36. The van der Waals surface area contributed by atoms with E-state index in [0.717, 1.165) is 30.8 Å². The first-order valence-electron chi connectivity index (χ1n) is 4.34. The molecule has 0 atom stereocenters. The Bertz CT molecular complexity index is 303. The molecular formula is C10H12O3. The number of methoxy groups -OCH3 is 1. The van der Waals surface area contributed by atoms with Gasteiger partial charge in [-0.05, 0) is 18.9 Å². The Morgan fingerprint density at radius 3 is 3.08 bits per heavy atom. The van der Waals surface area contributed by atoms with E-state index in [0.29, 0.717) is 5.75 Å². The average Bonchev–Trinajstić information content (AvgIpc) is 2.16. The first kappa shape index (κ1) is 8.23. The summed E-state index contributed by atoms with van der Waals surface area (Å²) in [6.45, 7) is 0.730. The molecule has 0 aliphatic carbocycles. The zero-order valence-corrected chi connectivity index (χ0v) is 7.54. The lowest BCUT2D eigenvalue weighted by molar-refractivity contribution is 0.268. The highest BCUT2D eigenvalue weighted by molar-refractivity contribution is 5.52. The minimum absolute atomic E-state index is 0.237. The van der Waals surface area contributed by atoms with Crippen LogP contribution in [-0.4, -0.2) is 18.8 Å². The molecule has 0 saturated carbocycles. The second-order valence-corrected chi connectivity index (χ2v) is 3.09. The molecule has 1 aliphatic rings. The predicted octanol–water partition coefficient (Wildman–Crippen LogP) is 1.73. The van der Waals surface area contributed by atoms with Crippen LogP contribution in [0.25, 0.3) is 0 Å². The molecule has 0 radical (unpaired) electrons. The van der Waals surface area contributed by atoms with Gasteiger partial charge in [0.15, 0.2) is 11.5 Å². The van der Waals surface area contributed by atoms with Gasteiger partial charge in [-0.15, -0.1) is 0 Å². The maximum atomic E-state index is 9.36. The quantitative estimate of drug-likeness (QED) is 0.715. The zero-order valence-electron chi connectivity index (χ0n) is 7.54. The van der Waals surface area contributed by atoms with Crippen LogP contribution < -0.4 is 9.47 Å². The van der Waals surface area contributed by atoms with E-state index in [1.807, 2.05) is 0 Å². The Morgan fingerprint density at radius 1 is 1.46 bits per heavy atom. The molecule has 1 aliphatic heterocycles. The van der Waals surface area contributed by atoms with E-state index in [-0.39, 0.29) is 5.75 Å². The summed E-state index contributed by atoms with van der Waals surface area (Å²) in [6, 6.07) is 3.31. The second kappa shape index (κ2) is 3.17. The number of phenolic OH excluding ortho intramolecular Hbond substituents is 1. The van der Waals surface area contributed by atoms with E-state index in [1.54, 1.807) is 19.2 Å². The number of hydrogen-bond donors (Lipinski definition) is 1. The fourth-order valence-electron chi connectivity index (χ4n) is 1.58. The van der Waals surface area contributed by atoms with Crippen molar-refractivity contribution in [3.05, 3.63) is 17.7 Å². The Hall–Kier alpha value is -1.38. The van der Waals surface area contributed by atoms with E-state index in [2.05, 4.69) is 0 Å². The van der Waals surface area contributed by atoms with E-state index in [9.17, 15) is 5.11 Å². The van der Waals surface area contributed by atoms with Crippen LogP contribution in [0.15, 0.2) is 12.1 Å². The first-order chi connectivity index (χ1) is 6.31. The van der Waals surface area contributed by atoms with Crippen LogP contribution in [0.2, 0.25) is 0 Å². The molecule has 0 spiro atoms. The molecule has 1 N–H and O–H groups in total. The number of ether oxygens (including phenoxy) is 2. The van der Waals surface area contributed by atoms with Gasteiger partial charge in [0.2, 0.25) is 0 Å². The summed E-state index contributed by atoms with van der Waals surface area (Å²) >= 11 is 0. The number of benzene rings is 1. The van der Waals surface area contributed by atoms with Crippen molar-refractivity contribution in [2.75, 3.05) is 13.7 Å². The molecule has 2 rings (SSSR count). The Labute approximate surface area is 76.9 Å². The van der Waals surface area contributed by atoms with Gasteiger partial charge < -0.3 is 14.6 Å². The van der Waals surface area contributed by atoms with Crippen molar-refractivity contribution in [1.82, 2.24) is 0 Å². The van der Waals surface area contributed by atoms with Gasteiger partial charge in [0.25, 0.3) is 0 Å². The lowest BCUT2D eigenvalue weighted by atomic mass is 10.1. The molecule has 3 heteroatoms. The molecule has 1 heterocycles. The molecular weight excluding hydrogens is 168 g/mol. The summed E-state index contributed by atoms with van der Waals surface area (Å²) in [5, 5.41) is 9.36. The highest BCUT2D eigenvalue weighted by atomic mass is 16.5. The van der Waals surface area contributed by atoms with E-state index < -0.39 is 0 Å². The fourth-order valence-corrected chi connectivity index (χ4v) is 1.58. The molecule has 13 heavy (non-hydrogen) atoms. The third-order valence-corrected chi connectivity index (χ3v) is 2.17. The van der Waals surface area contributed by atoms with Crippen molar-refractivity contribution in [2.24, 2.45) is 0 Å². The number of aromatic hydroxyl groups is 1. The lowest BCUT2D eigenvalue weighted by Gasteiger charge is -2.19. The van der Waals surface area contributed by atoms with Crippen molar-refractivity contribution in [1.29, 1.82) is 0 Å². The van der Waals surface area contributed by atoms with Crippen LogP contribution in [0, 0.1) is 0 Å². The summed E-state index contributed by atoms with van der Waals surface area (Å²) in [5.74, 6) is 1.64. The summed E-state index contributed by atoms with van der Waals surface area (Å²) in [7, 11) is 1.58. The molecule has 3 nitrogen and oxygen atoms in total. The third kappa shape index (κ3) is 1.41. The highest BCUT2D eigenvalue weighted by Gasteiger charge is 2.16. The minimum Gasteiger partial charge on any atom is -0.508 e. The largest absolute Gasteiger partial charge is 0.508 e. The molecule has 0 unspecified atom stereocenters. The van der Waals surface area contributed by atoms with Crippen LogP contribution in [-0.2, 0) is 6.42 Å². The van der Waals surface area contributed by atoms with Crippen LogP contribution in [0.3, 0.4) is 0 Å². The minimum atomic E-state index is 0.237. The molecule has 70 valence electrons. The van der Waals surface area contributed by atoms with E-state index in [4.69, 9.17) is 9.47 Å². The van der Waals surface area contributed by atoms with Gasteiger partial charge in [-0.3, -0.25) is 0 Å². The van der Waals surface area contributed by atoms with Crippen molar-refractivity contribution >= 4 is 0 Å². The van der Waals surface area contributed by atoms with Crippen molar-refractivity contribution in [3.63, 3.8) is 0 Å². The molecule has 0 aromatic heterocycles. The smallest absolute Gasteiger partial charge is 0.164 e. The van der Waals surface area contributed by atoms with Gasteiger partial charge in [0.05, 0.1) is 13.7 Å². The van der Waals surface area contributed by atoms with Crippen molar-refractivity contribution in [2.45, 2.75) is 12.8 Å². The number of fused-ring (bicyclic) bond motifs is 1. The average molecular weight is 180 g/mol. The van der Waals surface area contributed by atoms with Gasteiger partial charge in [0, 0.05) is 11.6 Å². The topological polar surface area (TPSA) is 38.7 Å². The number of hydrogen-bond acceptors (Lipinski definition) is 3. The maximum Gasteiger partial charge on any atom is 0.164 e. The Morgan fingerprint density at radius 2 is 2.31 bits per heavy atom. The van der Waals surface area contributed by atoms with Gasteiger partial charge in [-0.25, -0.2) is 0 Å². The predicted molar refractivity (Wildman–Crippen MR) is 48.5 cm³/mol. The third-order valence-electron chi connectivity index (χ3n) is 2.17. The number of aryl methyl sites for hydroxylation is 1. The van der Waals surface area contributed by atoms with Gasteiger partial charge in [0.1, 0.15) is 5.75 Å². The van der Waals surface area contributed by atoms with E-state index in [1.165, 1.54) is 0 Å². The van der Waals surface area contributed by atoms with Gasteiger partial charge in [-0.1, -0.05) is 0 Å². The van der Waals surface area contributed by atoms with Crippen LogP contribution in [0.4, 0.5) is 0 Å². The molecule has 0 amide bonds.